The zero-order valence-electron chi connectivity index (χ0n) is 12.6. The summed E-state index contributed by atoms with van der Waals surface area (Å²) < 4.78 is 5.46. The first kappa shape index (κ1) is 15.4. The fraction of sp³-hybridized carbons (Fsp3) is 0.600. The van der Waals surface area contributed by atoms with Gasteiger partial charge in [-0.15, -0.1) is 0 Å². The van der Waals surface area contributed by atoms with E-state index in [9.17, 15) is 14.7 Å². The van der Waals surface area contributed by atoms with Gasteiger partial charge in [-0.1, -0.05) is 6.42 Å². The molecule has 2 amide bonds. The second kappa shape index (κ2) is 5.79. The van der Waals surface area contributed by atoms with Gasteiger partial charge in [0, 0.05) is 6.04 Å². The maximum absolute atomic E-state index is 12.0. The van der Waals surface area contributed by atoms with Crippen molar-refractivity contribution in [3.63, 3.8) is 0 Å². The zero-order valence-corrected chi connectivity index (χ0v) is 12.6. The average molecular weight is 294 g/mol. The summed E-state index contributed by atoms with van der Waals surface area (Å²) >= 11 is 0. The molecule has 0 radical (unpaired) electrons. The molecule has 1 fully saturated rings. The Morgan fingerprint density at radius 3 is 2.76 bits per heavy atom. The van der Waals surface area contributed by atoms with Crippen LogP contribution >= 0.6 is 0 Å². The van der Waals surface area contributed by atoms with E-state index in [4.69, 9.17) is 4.42 Å². The van der Waals surface area contributed by atoms with E-state index in [0.29, 0.717) is 18.6 Å². The summed E-state index contributed by atoms with van der Waals surface area (Å²) in [7, 11) is 0. The van der Waals surface area contributed by atoms with E-state index in [1.54, 1.807) is 6.92 Å². The lowest BCUT2D eigenvalue weighted by atomic mass is 9.85. The van der Waals surface area contributed by atoms with Gasteiger partial charge < -0.3 is 20.2 Å². The van der Waals surface area contributed by atoms with Gasteiger partial charge in [-0.2, -0.15) is 0 Å². The molecule has 1 aliphatic rings. The molecule has 2 rings (SSSR count). The number of amides is 2. The Labute approximate surface area is 123 Å². The second-order valence-electron chi connectivity index (χ2n) is 5.96. The number of carboxylic acid groups (broad SMARTS) is 1. The van der Waals surface area contributed by atoms with Crippen molar-refractivity contribution in [1.29, 1.82) is 0 Å². The van der Waals surface area contributed by atoms with Gasteiger partial charge >= 0.3 is 12.0 Å². The molecule has 6 nitrogen and oxygen atoms in total. The molecule has 1 aromatic heterocycles. The van der Waals surface area contributed by atoms with E-state index in [-0.39, 0.29) is 18.1 Å². The van der Waals surface area contributed by atoms with Crippen LogP contribution in [0.2, 0.25) is 0 Å². The number of hydrogen-bond acceptors (Lipinski definition) is 3. The Morgan fingerprint density at radius 2 is 2.19 bits per heavy atom. The number of hydrogen-bond donors (Lipinski definition) is 3. The van der Waals surface area contributed by atoms with Crippen LogP contribution in [-0.2, 0) is 4.79 Å². The minimum atomic E-state index is -0.887. The predicted octanol–water partition coefficient (Wildman–Crippen LogP) is 2.59. The summed E-state index contributed by atoms with van der Waals surface area (Å²) in [4.78, 5) is 23.4. The van der Waals surface area contributed by atoms with Gasteiger partial charge in [-0.25, -0.2) is 4.79 Å². The van der Waals surface area contributed by atoms with Gasteiger partial charge in [-0.05, 0) is 45.7 Å². The lowest BCUT2D eigenvalue weighted by Gasteiger charge is -2.28. The van der Waals surface area contributed by atoms with Crippen molar-refractivity contribution < 1.29 is 19.1 Å². The lowest BCUT2D eigenvalue weighted by molar-refractivity contribution is -0.148. The van der Waals surface area contributed by atoms with E-state index < -0.39 is 11.4 Å². The number of carbonyl (C=O) groups is 2. The predicted molar refractivity (Wildman–Crippen MR) is 76.9 cm³/mol. The molecule has 1 saturated carbocycles. The summed E-state index contributed by atoms with van der Waals surface area (Å²) in [5.74, 6) is 0.600. The maximum Gasteiger partial charge on any atom is 0.315 e. The molecule has 6 heteroatoms. The van der Waals surface area contributed by atoms with E-state index >= 15 is 0 Å². The van der Waals surface area contributed by atoms with Crippen molar-refractivity contribution in [1.82, 2.24) is 10.6 Å². The Balaban J connectivity index is 1.94. The molecule has 0 aromatic carbocycles. The lowest BCUT2D eigenvalue weighted by Crippen LogP contribution is -2.50. The molecule has 3 unspecified atom stereocenters. The van der Waals surface area contributed by atoms with Crippen LogP contribution in [0.1, 0.15) is 50.7 Å². The summed E-state index contributed by atoms with van der Waals surface area (Å²) in [6.45, 7) is 5.35. The van der Waals surface area contributed by atoms with E-state index in [1.807, 2.05) is 26.0 Å². The van der Waals surface area contributed by atoms with Crippen molar-refractivity contribution in [3.05, 3.63) is 23.7 Å². The molecule has 0 spiro atoms. The third-order valence-corrected chi connectivity index (χ3v) is 4.29. The van der Waals surface area contributed by atoms with Gasteiger partial charge in [0.25, 0.3) is 0 Å². The van der Waals surface area contributed by atoms with Crippen molar-refractivity contribution in [2.24, 2.45) is 5.41 Å². The van der Waals surface area contributed by atoms with Crippen LogP contribution in [0.15, 0.2) is 16.5 Å². The van der Waals surface area contributed by atoms with E-state index in [2.05, 4.69) is 10.6 Å². The Morgan fingerprint density at radius 1 is 1.48 bits per heavy atom. The fourth-order valence-corrected chi connectivity index (χ4v) is 2.81. The molecule has 3 atom stereocenters. The second-order valence-corrected chi connectivity index (χ2v) is 5.96. The van der Waals surface area contributed by atoms with E-state index in [0.717, 1.165) is 12.2 Å². The molecule has 0 saturated heterocycles. The number of aliphatic carboxylic acids is 1. The topological polar surface area (TPSA) is 91.6 Å². The third kappa shape index (κ3) is 3.20. The highest BCUT2D eigenvalue weighted by atomic mass is 16.4. The first-order valence-electron chi connectivity index (χ1n) is 7.19. The van der Waals surface area contributed by atoms with Crippen LogP contribution in [0.5, 0.6) is 0 Å². The zero-order chi connectivity index (χ0) is 15.6. The number of nitrogens with one attached hydrogen (secondary N) is 2. The summed E-state index contributed by atoms with van der Waals surface area (Å²) in [6.07, 6.45) is 2.07. The minimum Gasteiger partial charge on any atom is -0.481 e. The van der Waals surface area contributed by atoms with Crippen molar-refractivity contribution in [2.45, 2.75) is 52.1 Å². The Bertz CT molecular complexity index is 540. The van der Waals surface area contributed by atoms with Crippen molar-refractivity contribution in [2.75, 3.05) is 0 Å². The third-order valence-electron chi connectivity index (χ3n) is 4.29. The van der Waals surface area contributed by atoms with Crippen LogP contribution in [0.4, 0.5) is 4.79 Å². The highest BCUT2D eigenvalue weighted by Gasteiger charge is 2.46. The monoisotopic (exact) mass is 294 g/mol. The van der Waals surface area contributed by atoms with Crippen LogP contribution in [0.3, 0.4) is 0 Å². The molecule has 1 aliphatic carbocycles. The van der Waals surface area contributed by atoms with Crippen LogP contribution in [-0.4, -0.2) is 23.1 Å². The highest BCUT2D eigenvalue weighted by Crippen LogP contribution is 2.38. The van der Waals surface area contributed by atoms with Gasteiger partial charge in [0.05, 0.1) is 11.5 Å². The standard InChI is InChI=1S/C15H22N2O4/c1-9-6-7-11(21-9)10(2)16-14(20)17-12-5-4-8-15(12,3)13(18)19/h6-7,10,12H,4-5,8H2,1-3H3,(H,18,19)(H2,16,17,20). The van der Waals surface area contributed by atoms with E-state index in [1.165, 1.54) is 0 Å². The molecule has 0 bridgehead atoms. The van der Waals surface area contributed by atoms with Gasteiger partial charge in [0.1, 0.15) is 11.5 Å². The van der Waals surface area contributed by atoms with Crippen molar-refractivity contribution >= 4 is 12.0 Å². The Hall–Kier alpha value is -1.98. The summed E-state index contributed by atoms with van der Waals surface area (Å²) in [5.41, 5.74) is -0.887. The normalized spacial score (nSPS) is 26.3. The summed E-state index contributed by atoms with van der Waals surface area (Å²) in [6, 6.07) is 2.67. The number of aryl methyl sites for hydroxylation is 1. The molecule has 21 heavy (non-hydrogen) atoms. The number of urea groups is 1. The van der Waals surface area contributed by atoms with Gasteiger partial charge in [0.2, 0.25) is 0 Å². The minimum absolute atomic E-state index is 0.267. The molecule has 3 N–H and O–H groups in total. The Kier molecular flexibility index (Phi) is 4.25. The number of carboxylic acids is 1. The quantitative estimate of drug-likeness (QED) is 0.796. The van der Waals surface area contributed by atoms with Gasteiger partial charge in [-0.3, -0.25) is 4.79 Å². The molecule has 1 aromatic rings. The number of carbonyl (C=O) groups excluding carboxylic acids is 1. The molecule has 0 aliphatic heterocycles. The number of rotatable bonds is 4. The van der Waals surface area contributed by atoms with Crippen LogP contribution in [0.25, 0.3) is 0 Å². The SMILES string of the molecule is Cc1ccc(C(C)NC(=O)NC2CCCC2(C)C(=O)O)o1. The first-order valence-corrected chi connectivity index (χ1v) is 7.19. The smallest absolute Gasteiger partial charge is 0.315 e. The molecule has 116 valence electrons. The first-order chi connectivity index (χ1) is 9.83. The van der Waals surface area contributed by atoms with Crippen molar-refractivity contribution in [3.8, 4) is 0 Å². The number of furan rings is 1. The van der Waals surface area contributed by atoms with Crippen LogP contribution in [0, 0.1) is 12.3 Å². The van der Waals surface area contributed by atoms with Crippen LogP contribution < -0.4 is 10.6 Å². The average Bonchev–Trinajstić information content (AvgIpc) is 2.97. The molecule has 1 heterocycles. The highest BCUT2D eigenvalue weighted by molar-refractivity contribution is 5.79. The maximum atomic E-state index is 12.0. The molecular weight excluding hydrogens is 272 g/mol. The largest absolute Gasteiger partial charge is 0.481 e. The van der Waals surface area contributed by atoms with Gasteiger partial charge in [0.15, 0.2) is 0 Å². The molecular formula is C15H22N2O4. The summed E-state index contributed by atoms with van der Waals surface area (Å²) in [5, 5.41) is 14.9. The fourth-order valence-electron chi connectivity index (χ4n) is 2.81.